The number of hydrogen-bond donors (Lipinski definition) is 0. The molecule has 0 aliphatic heterocycles. The van der Waals surface area contributed by atoms with Gasteiger partial charge in [-0.3, -0.25) is 0 Å². The Hall–Kier alpha value is -0.468. The molecule has 6 heteroatoms. The lowest BCUT2D eigenvalue weighted by Gasteiger charge is -2.11. The summed E-state index contributed by atoms with van der Waals surface area (Å²) in [6, 6.07) is 0. The monoisotopic (exact) mass is 190 g/mol. The van der Waals surface area contributed by atoms with Gasteiger partial charge in [-0.05, 0) is 0 Å². The first-order valence-electron chi connectivity index (χ1n) is 3.56. The SMILES string of the molecule is FC1Cc2n[n]([AlH2])cc2C1(F)F. The van der Waals surface area contributed by atoms with Crippen LogP contribution in [0.1, 0.15) is 11.3 Å². The first-order chi connectivity index (χ1) is 5.51. The number of nitrogens with zero attached hydrogens (tertiary/aromatic N) is 2. The fourth-order valence-corrected chi connectivity index (χ4v) is 1.93. The van der Waals surface area contributed by atoms with Gasteiger partial charge < -0.3 is 3.67 Å². The highest BCUT2D eigenvalue weighted by Gasteiger charge is 2.50. The van der Waals surface area contributed by atoms with Gasteiger partial charge in [-0.15, -0.1) is 0 Å². The molecular formula is C6H6AlF3N2. The van der Waals surface area contributed by atoms with Crippen molar-refractivity contribution < 1.29 is 13.2 Å². The first kappa shape index (κ1) is 8.15. The van der Waals surface area contributed by atoms with Crippen LogP contribution in [-0.2, 0) is 12.3 Å². The summed E-state index contributed by atoms with van der Waals surface area (Å²) in [7, 11) is 0. The summed E-state index contributed by atoms with van der Waals surface area (Å²) < 4.78 is 40.0. The highest BCUT2D eigenvalue weighted by molar-refractivity contribution is 6.05. The van der Waals surface area contributed by atoms with Crippen molar-refractivity contribution in [3.05, 3.63) is 17.5 Å². The minimum absolute atomic E-state index is 0.211. The van der Waals surface area contributed by atoms with E-state index in [1.807, 2.05) is 0 Å². The average molecular weight is 190 g/mol. The van der Waals surface area contributed by atoms with Gasteiger partial charge in [0.15, 0.2) is 6.17 Å². The standard InChI is InChI=1S/C6H4F3N2.Al.2H/c7-5-1-4-3(2-10-11-4)6(5,8)9;;;/h2,5H,1H2;;;/q-1;+1;;. The Morgan fingerprint density at radius 1 is 1.67 bits per heavy atom. The molecule has 64 valence electrons. The Bertz CT molecular complexity index is 323. The zero-order valence-corrected chi connectivity index (χ0v) is 8.39. The van der Waals surface area contributed by atoms with Crippen molar-refractivity contribution in [2.45, 2.75) is 18.5 Å². The Balaban J connectivity index is 2.53. The van der Waals surface area contributed by atoms with Gasteiger partial charge in [0.25, 0.3) is 0 Å². The number of hydrogen-bond acceptors (Lipinski definition) is 1. The van der Waals surface area contributed by atoms with Crippen molar-refractivity contribution >= 4 is 16.5 Å². The summed E-state index contributed by atoms with van der Waals surface area (Å²) in [4.78, 5) is 0. The van der Waals surface area contributed by atoms with Gasteiger partial charge in [-0.2, -0.15) is 8.78 Å². The van der Waals surface area contributed by atoms with Crippen molar-refractivity contribution in [1.29, 1.82) is 0 Å². The zero-order valence-electron chi connectivity index (χ0n) is 6.39. The second-order valence-electron chi connectivity index (χ2n) is 2.96. The van der Waals surface area contributed by atoms with Gasteiger partial charge in [0.1, 0.15) is 0 Å². The molecule has 0 saturated carbocycles. The number of alkyl halides is 3. The molecule has 0 amide bonds. The summed E-state index contributed by atoms with van der Waals surface area (Å²) in [5.74, 6) is -3.32. The van der Waals surface area contributed by atoms with Crippen molar-refractivity contribution in [3.63, 3.8) is 0 Å². The van der Waals surface area contributed by atoms with E-state index in [0.29, 0.717) is 16.5 Å². The summed E-state index contributed by atoms with van der Waals surface area (Å²) in [6.45, 7) is 0. The van der Waals surface area contributed by atoms with Crippen LogP contribution in [0.15, 0.2) is 6.20 Å². The molecular weight excluding hydrogens is 184 g/mol. The lowest BCUT2D eigenvalue weighted by atomic mass is 10.2. The predicted molar refractivity (Wildman–Crippen MR) is 38.7 cm³/mol. The maximum atomic E-state index is 12.9. The third kappa shape index (κ3) is 0.916. The van der Waals surface area contributed by atoms with Gasteiger partial charge in [-0.25, -0.2) is 9.49 Å². The first-order valence-corrected chi connectivity index (χ1v) is 4.46. The molecule has 0 spiro atoms. The van der Waals surface area contributed by atoms with E-state index < -0.39 is 12.1 Å². The van der Waals surface area contributed by atoms with E-state index in [1.165, 1.54) is 9.86 Å². The molecule has 0 N–H and O–H groups in total. The highest BCUT2D eigenvalue weighted by atomic mass is 27.1. The molecule has 1 aromatic rings. The van der Waals surface area contributed by atoms with Gasteiger partial charge in [0.05, 0.1) is 11.3 Å². The van der Waals surface area contributed by atoms with Gasteiger partial charge >= 0.3 is 22.4 Å². The predicted octanol–water partition coefficient (Wildman–Crippen LogP) is 0.265. The second-order valence-corrected chi connectivity index (χ2v) is 3.87. The van der Waals surface area contributed by atoms with Gasteiger partial charge in [-0.1, -0.05) is 0 Å². The lowest BCUT2D eigenvalue weighted by molar-refractivity contribution is -0.0659. The van der Waals surface area contributed by atoms with Crippen LogP contribution in [0.5, 0.6) is 0 Å². The molecule has 1 aliphatic rings. The van der Waals surface area contributed by atoms with Crippen molar-refractivity contribution in [2.75, 3.05) is 0 Å². The van der Waals surface area contributed by atoms with E-state index >= 15 is 0 Å². The number of rotatable bonds is 0. The molecule has 12 heavy (non-hydrogen) atoms. The molecule has 0 radical (unpaired) electrons. The fourth-order valence-electron chi connectivity index (χ4n) is 1.43. The van der Waals surface area contributed by atoms with Crippen LogP contribution in [0.4, 0.5) is 13.2 Å². The second kappa shape index (κ2) is 2.27. The summed E-state index contributed by atoms with van der Waals surface area (Å²) in [5.41, 5.74) is -0.0208. The maximum Gasteiger partial charge on any atom is 0.397 e. The van der Waals surface area contributed by atoms with E-state index in [2.05, 4.69) is 5.10 Å². The van der Waals surface area contributed by atoms with Crippen LogP contribution in [0, 0.1) is 0 Å². The summed E-state index contributed by atoms with van der Waals surface area (Å²) in [6.07, 6.45) is -1.10. The molecule has 1 atom stereocenters. The third-order valence-electron chi connectivity index (χ3n) is 2.03. The molecule has 0 fully saturated rings. The molecule has 0 bridgehead atoms. The van der Waals surface area contributed by atoms with E-state index in [9.17, 15) is 13.2 Å². The normalized spacial score (nSPS) is 25.8. The molecule has 0 aromatic carbocycles. The van der Waals surface area contributed by atoms with Gasteiger partial charge in [0, 0.05) is 12.6 Å². The van der Waals surface area contributed by atoms with Crippen molar-refractivity contribution in [1.82, 2.24) is 8.76 Å². The van der Waals surface area contributed by atoms with Crippen LogP contribution >= 0.6 is 0 Å². The largest absolute Gasteiger partial charge is 0.397 e. The molecule has 2 rings (SSSR count). The molecule has 2 nitrogen and oxygen atoms in total. The number of fused-ring (bicyclic) bond motifs is 1. The van der Waals surface area contributed by atoms with Crippen LogP contribution in [-0.4, -0.2) is 31.4 Å². The average Bonchev–Trinajstić information content (AvgIpc) is 2.38. The van der Waals surface area contributed by atoms with E-state index in [1.54, 1.807) is 0 Å². The Morgan fingerprint density at radius 2 is 2.33 bits per heavy atom. The van der Waals surface area contributed by atoms with E-state index in [-0.39, 0.29) is 17.7 Å². The Morgan fingerprint density at radius 3 is 2.92 bits per heavy atom. The maximum absolute atomic E-state index is 12.9. The smallest absolute Gasteiger partial charge is 0.374 e. The molecule has 1 aliphatic carbocycles. The van der Waals surface area contributed by atoms with Crippen LogP contribution in [0.2, 0.25) is 0 Å². The van der Waals surface area contributed by atoms with Crippen LogP contribution in [0.3, 0.4) is 0 Å². The summed E-state index contributed by atoms with van der Waals surface area (Å²) >= 11 is 0.554. The van der Waals surface area contributed by atoms with E-state index in [4.69, 9.17) is 0 Å². The van der Waals surface area contributed by atoms with Crippen molar-refractivity contribution in [3.8, 4) is 0 Å². The zero-order chi connectivity index (χ0) is 8.93. The molecule has 1 unspecified atom stereocenters. The van der Waals surface area contributed by atoms with Gasteiger partial charge in [0.2, 0.25) is 0 Å². The van der Waals surface area contributed by atoms with E-state index in [0.717, 1.165) is 0 Å². The summed E-state index contributed by atoms with van der Waals surface area (Å²) in [5, 5.41) is 3.80. The molecule has 1 aromatic heterocycles. The molecule has 0 saturated heterocycles. The van der Waals surface area contributed by atoms with Crippen molar-refractivity contribution in [2.24, 2.45) is 0 Å². The molecule has 1 heterocycles. The quantitative estimate of drug-likeness (QED) is 0.537. The topological polar surface area (TPSA) is 17.8 Å². The fraction of sp³-hybridized carbons (Fsp3) is 0.500. The minimum Gasteiger partial charge on any atom is -0.374 e. The minimum atomic E-state index is -3.32. The Kier molecular flexibility index (Phi) is 1.54. The lowest BCUT2D eigenvalue weighted by Crippen LogP contribution is -2.22. The van der Waals surface area contributed by atoms with Crippen LogP contribution < -0.4 is 0 Å². The van der Waals surface area contributed by atoms with Crippen LogP contribution in [0.25, 0.3) is 0 Å². The Labute approximate surface area is 75.0 Å². The third-order valence-corrected chi connectivity index (χ3v) is 2.49. The number of halogens is 3. The highest BCUT2D eigenvalue weighted by Crippen LogP contribution is 2.42. The number of aromatic nitrogens is 2.